The van der Waals surface area contributed by atoms with Crippen molar-refractivity contribution in [1.82, 2.24) is 0 Å². The highest BCUT2D eigenvalue weighted by molar-refractivity contribution is 7.46. The van der Waals surface area contributed by atoms with E-state index in [1.807, 2.05) is 0 Å². The van der Waals surface area contributed by atoms with Crippen molar-refractivity contribution in [1.29, 1.82) is 0 Å². The lowest BCUT2D eigenvalue weighted by Gasteiger charge is -2.14. The van der Waals surface area contributed by atoms with Crippen LogP contribution < -0.4 is 4.89 Å². The van der Waals surface area contributed by atoms with Crippen LogP contribution in [0.15, 0.2) is 0 Å². The van der Waals surface area contributed by atoms with Gasteiger partial charge in [-0.25, -0.2) is 0 Å². The van der Waals surface area contributed by atoms with Crippen molar-refractivity contribution in [2.75, 3.05) is 19.8 Å². The van der Waals surface area contributed by atoms with Crippen molar-refractivity contribution in [2.45, 2.75) is 103 Å². The van der Waals surface area contributed by atoms with Crippen molar-refractivity contribution >= 4 is 7.82 Å². The molecular weight excluding hydrogens is 339 g/mol. The Hall–Kier alpha value is 0.0700. The third-order valence-electron chi connectivity index (χ3n) is 4.64. The lowest BCUT2D eigenvalue weighted by molar-refractivity contribution is -0.215. The second-order valence-electron chi connectivity index (χ2n) is 7.14. The molecule has 2 atom stereocenters. The Labute approximate surface area is 154 Å². The van der Waals surface area contributed by atoms with E-state index in [-0.39, 0.29) is 6.61 Å². The molecule has 2 unspecified atom stereocenters. The SMILES string of the molecule is CCCCCCCCCCCCCCCCOCC1COP(=O)([O-])O1. The highest BCUT2D eigenvalue weighted by Gasteiger charge is 2.27. The molecule has 1 rings (SSSR count). The van der Waals surface area contributed by atoms with Gasteiger partial charge in [0.2, 0.25) is 0 Å². The predicted octanol–water partition coefficient (Wildman–Crippen LogP) is 5.37. The number of phosphoric ester groups is 1. The van der Waals surface area contributed by atoms with Crippen LogP contribution in [-0.4, -0.2) is 25.9 Å². The molecule has 5 nitrogen and oxygen atoms in total. The third kappa shape index (κ3) is 13.9. The van der Waals surface area contributed by atoms with E-state index >= 15 is 0 Å². The molecule has 1 aliphatic rings. The highest BCUT2D eigenvalue weighted by atomic mass is 31.2. The van der Waals surface area contributed by atoms with E-state index in [1.165, 1.54) is 83.5 Å². The maximum absolute atomic E-state index is 10.9. The van der Waals surface area contributed by atoms with Gasteiger partial charge >= 0.3 is 0 Å². The molecular formula is C19H38O5P-. The van der Waals surface area contributed by atoms with Gasteiger partial charge in [-0.1, -0.05) is 90.4 Å². The van der Waals surface area contributed by atoms with Crippen molar-refractivity contribution in [2.24, 2.45) is 0 Å². The summed E-state index contributed by atoms with van der Waals surface area (Å²) in [5.74, 6) is 0. The largest absolute Gasteiger partial charge is 0.756 e. The molecule has 1 fully saturated rings. The summed E-state index contributed by atoms with van der Waals surface area (Å²) in [6.07, 6.45) is 18.3. The monoisotopic (exact) mass is 377 g/mol. The van der Waals surface area contributed by atoms with Crippen molar-refractivity contribution < 1.29 is 23.2 Å². The normalized spacial score (nSPS) is 23.4. The summed E-state index contributed by atoms with van der Waals surface area (Å²) in [6.45, 7) is 3.31. The first-order valence-corrected chi connectivity index (χ1v) is 11.8. The minimum absolute atomic E-state index is 0.0829. The summed E-state index contributed by atoms with van der Waals surface area (Å²) in [5.41, 5.74) is 0. The molecule has 150 valence electrons. The molecule has 0 aromatic rings. The van der Waals surface area contributed by atoms with Gasteiger partial charge in [0.15, 0.2) is 0 Å². The van der Waals surface area contributed by atoms with Crippen LogP contribution in [0.5, 0.6) is 0 Å². The minimum Gasteiger partial charge on any atom is -0.756 e. The van der Waals surface area contributed by atoms with Crippen LogP contribution in [0, 0.1) is 0 Å². The molecule has 1 aliphatic heterocycles. The quantitative estimate of drug-likeness (QED) is 0.252. The first-order valence-electron chi connectivity index (χ1n) is 10.4. The first-order chi connectivity index (χ1) is 12.1. The highest BCUT2D eigenvalue weighted by Crippen LogP contribution is 2.45. The summed E-state index contributed by atoms with van der Waals surface area (Å²) in [5, 5.41) is 0. The first kappa shape index (κ1) is 23.1. The van der Waals surface area contributed by atoms with Crippen LogP contribution in [0.25, 0.3) is 0 Å². The van der Waals surface area contributed by atoms with E-state index in [2.05, 4.69) is 11.4 Å². The number of ether oxygens (including phenoxy) is 1. The molecule has 0 spiro atoms. The van der Waals surface area contributed by atoms with Crippen LogP contribution in [0.2, 0.25) is 0 Å². The summed E-state index contributed by atoms with van der Waals surface area (Å²) in [7, 11) is -4.02. The van der Waals surface area contributed by atoms with Crippen molar-refractivity contribution in [3.63, 3.8) is 0 Å². The average Bonchev–Trinajstić information content (AvgIpc) is 2.93. The average molecular weight is 377 g/mol. The van der Waals surface area contributed by atoms with E-state index in [0.717, 1.165) is 6.42 Å². The lowest BCUT2D eigenvalue weighted by Crippen LogP contribution is -2.18. The van der Waals surface area contributed by atoms with Crippen LogP contribution >= 0.6 is 7.82 Å². The van der Waals surface area contributed by atoms with Crippen LogP contribution in [0.3, 0.4) is 0 Å². The van der Waals surface area contributed by atoms with Gasteiger partial charge in [0.05, 0.1) is 13.2 Å². The second kappa shape index (κ2) is 15.2. The van der Waals surface area contributed by atoms with Gasteiger partial charge in [0.25, 0.3) is 7.82 Å². The smallest absolute Gasteiger partial charge is 0.268 e. The van der Waals surface area contributed by atoms with Gasteiger partial charge in [-0.15, -0.1) is 0 Å². The maximum Gasteiger partial charge on any atom is 0.268 e. The van der Waals surface area contributed by atoms with Gasteiger partial charge in [-0.05, 0) is 6.42 Å². The molecule has 6 heteroatoms. The molecule has 0 saturated carbocycles. The van der Waals surface area contributed by atoms with Gasteiger partial charge in [-0.3, -0.25) is 4.57 Å². The zero-order valence-corrected chi connectivity index (χ0v) is 17.0. The molecule has 0 aromatic carbocycles. The summed E-state index contributed by atoms with van der Waals surface area (Å²) >= 11 is 0. The van der Waals surface area contributed by atoms with Gasteiger partial charge < -0.3 is 18.7 Å². The molecule has 0 amide bonds. The van der Waals surface area contributed by atoms with Crippen molar-refractivity contribution in [3.05, 3.63) is 0 Å². The Morgan fingerprint density at radius 2 is 1.36 bits per heavy atom. The minimum atomic E-state index is -4.02. The van der Waals surface area contributed by atoms with Gasteiger partial charge in [0, 0.05) is 6.61 Å². The summed E-state index contributed by atoms with van der Waals surface area (Å²) < 4.78 is 25.6. The molecule has 0 radical (unpaired) electrons. The van der Waals surface area contributed by atoms with E-state index in [1.54, 1.807) is 0 Å². The Morgan fingerprint density at radius 3 is 1.80 bits per heavy atom. The standard InChI is InChI=1S/C19H39O5P/c1-2-3-4-5-6-7-8-9-10-11-12-13-14-15-16-22-17-19-18-23-25(20,21)24-19/h19H,2-18H2,1H3,(H,20,21)/p-1. The lowest BCUT2D eigenvalue weighted by atomic mass is 10.0. The molecule has 0 N–H and O–H groups in total. The van der Waals surface area contributed by atoms with E-state index < -0.39 is 13.9 Å². The molecule has 0 aromatic heterocycles. The number of hydrogen-bond acceptors (Lipinski definition) is 5. The van der Waals surface area contributed by atoms with E-state index in [4.69, 9.17) is 9.26 Å². The predicted molar refractivity (Wildman–Crippen MR) is 99.6 cm³/mol. The summed E-state index contributed by atoms with van der Waals surface area (Å²) in [6, 6.07) is 0. The molecule has 1 heterocycles. The Morgan fingerprint density at radius 1 is 0.880 bits per heavy atom. The fraction of sp³-hybridized carbons (Fsp3) is 1.00. The maximum atomic E-state index is 10.9. The Kier molecular flexibility index (Phi) is 14.0. The number of rotatable bonds is 17. The van der Waals surface area contributed by atoms with Crippen LogP contribution in [-0.2, 0) is 18.3 Å². The van der Waals surface area contributed by atoms with Crippen molar-refractivity contribution in [3.8, 4) is 0 Å². The topological polar surface area (TPSA) is 67.8 Å². The molecule has 1 saturated heterocycles. The third-order valence-corrected chi connectivity index (χ3v) is 5.66. The van der Waals surface area contributed by atoms with Gasteiger partial charge in [-0.2, -0.15) is 0 Å². The zero-order valence-electron chi connectivity index (χ0n) is 16.1. The van der Waals surface area contributed by atoms with Crippen LogP contribution in [0.4, 0.5) is 0 Å². The zero-order chi connectivity index (χ0) is 18.2. The number of phosphoric acid groups is 1. The number of hydrogen-bond donors (Lipinski definition) is 0. The molecule has 0 aliphatic carbocycles. The van der Waals surface area contributed by atoms with E-state index in [9.17, 15) is 9.46 Å². The second-order valence-corrected chi connectivity index (χ2v) is 8.50. The molecule has 0 bridgehead atoms. The van der Waals surface area contributed by atoms with Crippen LogP contribution in [0.1, 0.15) is 96.8 Å². The molecule has 25 heavy (non-hydrogen) atoms. The fourth-order valence-corrected chi connectivity index (χ4v) is 4.01. The Balaban J connectivity index is 1.70. The van der Waals surface area contributed by atoms with E-state index in [0.29, 0.717) is 13.2 Å². The fourth-order valence-electron chi connectivity index (χ4n) is 3.11. The Bertz CT molecular complexity index is 351. The van der Waals surface area contributed by atoms with Gasteiger partial charge in [0.1, 0.15) is 6.10 Å². The summed E-state index contributed by atoms with van der Waals surface area (Å²) in [4.78, 5) is 10.9. The number of unbranched alkanes of at least 4 members (excludes halogenated alkanes) is 13.